The molecule has 4 nitrogen and oxygen atoms in total. The van der Waals surface area contributed by atoms with E-state index in [-0.39, 0.29) is 18.5 Å². The van der Waals surface area contributed by atoms with Crippen molar-refractivity contribution >= 4 is 29.2 Å². The summed E-state index contributed by atoms with van der Waals surface area (Å²) >= 11 is 6.02. The topological polar surface area (TPSA) is 40.6 Å². The fraction of sp³-hybridized carbons (Fsp3) is 0.385. The van der Waals surface area contributed by atoms with E-state index in [1.54, 1.807) is 29.2 Å². The van der Waals surface area contributed by atoms with Crippen LogP contribution >= 0.6 is 11.6 Å². The van der Waals surface area contributed by atoms with Crippen molar-refractivity contribution in [1.82, 2.24) is 4.90 Å². The van der Waals surface area contributed by atoms with Crippen LogP contribution in [0.2, 0.25) is 5.02 Å². The second-order valence-electron chi connectivity index (χ2n) is 4.74. The molecular weight excluding hydrogens is 252 g/mol. The summed E-state index contributed by atoms with van der Waals surface area (Å²) in [6.07, 6.45) is 0. The summed E-state index contributed by atoms with van der Waals surface area (Å²) in [5.74, 6) is 0.0988. The zero-order valence-electron chi connectivity index (χ0n) is 10.4. The third kappa shape index (κ3) is 2.34. The Morgan fingerprint density at radius 2 is 1.94 bits per heavy atom. The second-order valence-corrected chi connectivity index (χ2v) is 5.14. The fourth-order valence-electron chi connectivity index (χ4n) is 2.00. The van der Waals surface area contributed by atoms with Crippen LogP contribution in [0.5, 0.6) is 0 Å². The van der Waals surface area contributed by atoms with Crippen LogP contribution < -0.4 is 4.90 Å². The Balaban J connectivity index is 2.27. The van der Waals surface area contributed by atoms with Crippen LogP contribution in [0.15, 0.2) is 24.3 Å². The first-order valence-corrected chi connectivity index (χ1v) is 6.25. The third-order valence-corrected chi connectivity index (χ3v) is 3.04. The van der Waals surface area contributed by atoms with Crippen molar-refractivity contribution in [3.8, 4) is 0 Å². The van der Waals surface area contributed by atoms with E-state index in [0.29, 0.717) is 23.2 Å². The molecule has 1 heterocycles. The molecule has 1 aromatic carbocycles. The SMILES string of the molecule is CC(C)CN1CC(=O)N(c2ccccc2Cl)C1=O. The molecule has 3 amide bonds. The molecule has 0 unspecified atom stereocenters. The highest BCUT2D eigenvalue weighted by Crippen LogP contribution is 2.29. The minimum absolute atomic E-state index is 0.127. The molecule has 1 aliphatic rings. The number of halogens is 1. The first-order valence-electron chi connectivity index (χ1n) is 5.87. The lowest BCUT2D eigenvalue weighted by atomic mass is 10.2. The second kappa shape index (κ2) is 4.98. The number of carbonyl (C=O) groups is 2. The Morgan fingerprint density at radius 1 is 1.28 bits per heavy atom. The third-order valence-electron chi connectivity index (χ3n) is 2.72. The predicted octanol–water partition coefficient (Wildman–Crippen LogP) is 2.76. The van der Waals surface area contributed by atoms with Crippen molar-refractivity contribution in [2.45, 2.75) is 13.8 Å². The highest BCUT2D eigenvalue weighted by Gasteiger charge is 2.37. The first-order chi connectivity index (χ1) is 8.50. The summed E-state index contributed by atoms with van der Waals surface area (Å²) in [6.45, 7) is 4.72. The van der Waals surface area contributed by atoms with Crippen molar-refractivity contribution < 1.29 is 9.59 Å². The quantitative estimate of drug-likeness (QED) is 0.790. The number of rotatable bonds is 3. The number of amides is 3. The maximum atomic E-state index is 12.2. The van der Waals surface area contributed by atoms with Gasteiger partial charge in [-0.3, -0.25) is 4.79 Å². The van der Waals surface area contributed by atoms with Crippen LogP contribution in [-0.4, -0.2) is 29.9 Å². The highest BCUT2D eigenvalue weighted by molar-refractivity contribution is 6.35. The number of urea groups is 1. The molecule has 0 bridgehead atoms. The molecular formula is C13H15ClN2O2. The van der Waals surface area contributed by atoms with Crippen molar-refractivity contribution in [3.05, 3.63) is 29.3 Å². The number of para-hydroxylation sites is 1. The molecule has 1 fully saturated rings. The number of imide groups is 1. The van der Waals surface area contributed by atoms with Crippen molar-refractivity contribution in [1.29, 1.82) is 0 Å². The van der Waals surface area contributed by atoms with Crippen molar-refractivity contribution in [2.75, 3.05) is 18.0 Å². The molecule has 0 spiro atoms. The van der Waals surface area contributed by atoms with Gasteiger partial charge in [0.05, 0.1) is 10.7 Å². The Bertz CT molecular complexity index is 488. The van der Waals surface area contributed by atoms with Crippen LogP contribution in [-0.2, 0) is 4.79 Å². The molecule has 96 valence electrons. The number of benzene rings is 1. The predicted molar refractivity (Wildman–Crippen MR) is 70.7 cm³/mol. The van der Waals surface area contributed by atoms with Gasteiger partial charge < -0.3 is 4.90 Å². The first kappa shape index (κ1) is 12.9. The fourth-order valence-corrected chi connectivity index (χ4v) is 2.22. The summed E-state index contributed by atoms with van der Waals surface area (Å²) < 4.78 is 0. The van der Waals surface area contributed by atoms with Gasteiger partial charge in [-0.05, 0) is 18.1 Å². The number of hydrogen-bond acceptors (Lipinski definition) is 2. The van der Waals surface area contributed by atoms with Crippen molar-refractivity contribution in [3.63, 3.8) is 0 Å². The lowest BCUT2D eigenvalue weighted by Crippen LogP contribution is -2.34. The number of nitrogens with zero attached hydrogens (tertiary/aromatic N) is 2. The minimum Gasteiger partial charge on any atom is -0.314 e. The van der Waals surface area contributed by atoms with Crippen LogP contribution in [0.1, 0.15) is 13.8 Å². The Kier molecular flexibility index (Phi) is 3.57. The van der Waals surface area contributed by atoms with E-state index in [1.807, 2.05) is 13.8 Å². The molecule has 0 N–H and O–H groups in total. The largest absolute Gasteiger partial charge is 0.331 e. The number of hydrogen-bond donors (Lipinski definition) is 0. The normalized spacial score (nSPS) is 16.0. The van der Waals surface area contributed by atoms with E-state index in [4.69, 9.17) is 11.6 Å². The van der Waals surface area contributed by atoms with E-state index in [2.05, 4.69) is 0 Å². The van der Waals surface area contributed by atoms with Crippen LogP contribution in [0.25, 0.3) is 0 Å². The zero-order valence-corrected chi connectivity index (χ0v) is 11.1. The molecule has 18 heavy (non-hydrogen) atoms. The van der Waals surface area contributed by atoms with Gasteiger partial charge in [-0.15, -0.1) is 0 Å². The maximum Gasteiger partial charge on any atom is 0.331 e. The molecule has 0 atom stereocenters. The van der Waals surface area contributed by atoms with Gasteiger partial charge in [0.1, 0.15) is 6.54 Å². The Morgan fingerprint density at radius 3 is 2.56 bits per heavy atom. The summed E-state index contributed by atoms with van der Waals surface area (Å²) in [5, 5.41) is 0.408. The van der Waals surface area contributed by atoms with Crippen molar-refractivity contribution in [2.24, 2.45) is 5.92 Å². The van der Waals surface area contributed by atoms with Crippen LogP contribution in [0.4, 0.5) is 10.5 Å². The molecule has 2 rings (SSSR count). The van der Waals surface area contributed by atoms with Gasteiger partial charge in [0.2, 0.25) is 0 Å². The summed E-state index contributed by atoms with van der Waals surface area (Å²) in [5.41, 5.74) is 0.459. The Labute approximate surface area is 111 Å². The van der Waals surface area contributed by atoms with Gasteiger partial charge >= 0.3 is 6.03 Å². The van der Waals surface area contributed by atoms with Gasteiger partial charge in [-0.1, -0.05) is 37.6 Å². The molecule has 0 aromatic heterocycles. The lowest BCUT2D eigenvalue weighted by Gasteiger charge is -2.19. The monoisotopic (exact) mass is 266 g/mol. The zero-order chi connectivity index (χ0) is 13.3. The van der Waals surface area contributed by atoms with Crippen LogP contribution in [0.3, 0.4) is 0 Å². The average Bonchev–Trinajstić information content (AvgIpc) is 2.55. The molecule has 0 radical (unpaired) electrons. The van der Waals surface area contributed by atoms with Gasteiger partial charge in [0.25, 0.3) is 5.91 Å². The average molecular weight is 267 g/mol. The van der Waals surface area contributed by atoms with Gasteiger partial charge in [-0.25, -0.2) is 9.69 Å². The van der Waals surface area contributed by atoms with Gasteiger partial charge in [-0.2, -0.15) is 0 Å². The van der Waals surface area contributed by atoms with E-state index in [1.165, 1.54) is 0 Å². The highest BCUT2D eigenvalue weighted by atomic mass is 35.5. The van der Waals surface area contributed by atoms with Gasteiger partial charge in [0.15, 0.2) is 0 Å². The van der Waals surface area contributed by atoms with Crippen LogP contribution in [0, 0.1) is 5.92 Å². The summed E-state index contributed by atoms with van der Waals surface area (Å²) in [6, 6.07) is 6.58. The smallest absolute Gasteiger partial charge is 0.314 e. The summed E-state index contributed by atoms with van der Waals surface area (Å²) in [4.78, 5) is 26.8. The molecule has 1 saturated heterocycles. The molecule has 1 aromatic rings. The van der Waals surface area contributed by atoms with E-state index < -0.39 is 0 Å². The van der Waals surface area contributed by atoms with E-state index in [0.717, 1.165) is 4.90 Å². The standard InChI is InChI=1S/C13H15ClN2O2/c1-9(2)7-15-8-12(17)16(13(15)18)11-6-4-3-5-10(11)14/h3-6,9H,7-8H2,1-2H3. The minimum atomic E-state index is -0.290. The van der Waals surface area contributed by atoms with E-state index >= 15 is 0 Å². The van der Waals surface area contributed by atoms with E-state index in [9.17, 15) is 9.59 Å². The molecule has 0 saturated carbocycles. The number of carbonyl (C=O) groups excluding carboxylic acids is 2. The maximum absolute atomic E-state index is 12.2. The Hall–Kier alpha value is -1.55. The molecule has 0 aliphatic carbocycles. The molecule has 5 heteroatoms. The molecule has 1 aliphatic heterocycles. The number of anilines is 1. The van der Waals surface area contributed by atoms with Gasteiger partial charge in [0, 0.05) is 6.54 Å². The summed E-state index contributed by atoms with van der Waals surface area (Å²) in [7, 11) is 0. The lowest BCUT2D eigenvalue weighted by molar-refractivity contribution is -0.116.